The highest BCUT2D eigenvalue weighted by Crippen LogP contribution is 2.43. The first kappa shape index (κ1) is 11.2. The van der Waals surface area contributed by atoms with Crippen LogP contribution >= 0.6 is 23.1 Å². The van der Waals surface area contributed by atoms with Crippen molar-refractivity contribution in [3.05, 3.63) is 16.0 Å². The summed E-state index contributed by atoms with van der Waals surface area (Å²) in [5.74, 6) is 0.0977. The van der Waals surface area contributed by atoms with E-state index >= 15 is 0 Å². The summed E-state index contributed by atoms with van der Waals surface area (Å²) in [6, 6.07) is 0. The molecule has 1 aromatic rings. The van der Waals surface area contributed by atoms with E-state index in [9.17, 15) is 4.79 Å². The second-order valence-electron chi connectivity index (χ2n) is 4.27. The molecular weight excluding hydrogens is 252 g/mol. The molecule has 0 spiro atoms. The highest BCUT2D eigenvalue weighted by molar-refractivity contribution is 8.13. The van der Waals surface area contributed by atoms with Gasteiger partial charge in [-0.25, -0.2) is 9.98 Å². The SMILES string of the molecule is CSC1=Nc2sc(C)c(C)c2C2=NC(=O)CC12. The number of hydrogen-bond acceptors (Lipinski definition) is 4. The summed E-state index contributed by atoms with van der Waals surface area (Å²) in [6.45, 7) is 4.19. The van der Waals surface area contributed by atoms with Gasteiger partial charge in [-0.2, -0.15) is 0 Å². The van der Waals surface area contributed by atoms with Crippen LogP contribution in [0.15, 0.2) is 9.98 Å². The maximum absolute atomic E-state index is 11.6. The molecule has 3 rings (SSSR count). The molecule has 3 heterocycles. The Labute approximate surface area is 108 Å². The number of amides is 1. The summed E-state index contributed by atoms with van der Waals surface area (Å²) < 4.78 is 0. The number of nitrogens with zero attached hydrogens (tertiary/aromatic N) is 2. The fraction of sp³-hybridized carbons (Fsp3) is 0.417. The fourth-order valence-corrected chi connectivity index (χ4v) is 4.09. The Hall–Kier alpha value is -0.940. The normalized spacial score (nSPS) is 22.1. The molecule has 1 aromatic heterocycles. The molecule has 0 bridgehead atoms. The molecule has 5 heteroatoms. The molecule has 17 heavy (non-hydrogen) atoms. The molecule has 2 aliphatic heterocycles. The number of rotatable bonds is 0. The molecule has 1 amide bonds. The zero-order valence-corrected chi connectivity index (χ0v) is 11.5. The lowest BCUT2D eigenvalue weighted by Gasteiger charge is -2.18. The van der Waals surface area contributed by atoms with E-state index in [0.717, 1.165) is 21.3 Å². The lowest BCUT2D eigenvalue weighted by molar-refractivity contribution is -0.117. The van der Waals surface area contributed by atoms with Gasteiger partial charge in [0.05, 0.1) is 16.7 Å². The predicted octanol–water partition coefficient (Wildman–Crippen LogP) is 3.11. The Kier molecular flexibility index (Phi) is 2.48. The van der Waals surface area contributed by atoms with Gasteiger partial charge < -0.3 is 0 Å². The minimum Gasteiger partial charge on any atom is -0.273 e. The lowest BCUT2D eigenvalue weighted by atomic mass is 9.93. The third-order valence-electron chi connectivity index (χ3n) is 3.30. The van der Waals surface area contributed by atoms with Gasteiger partial charge in [0, 0.05) is 16.9 Å². The van der Waals surface area contributed by atoms with E-state index in [0.29, 0.717) is 6.42 Å². The van der Waals surface area contributed by atoms with Crippen molar-refractivity contribution in [3.8, 4) is 0 Å². The fourth-order valence-electron chi connectivity index (χ4n) is 2.32. The van der Waals surface area contributed by atoms with E-state index in [-0.39, 0.29) is 11.8 Å². The van der Waals surface area contributed by atoms with Gasteiger partial charge in [-0.15, -0.1) is 23.1 Å². The van der Waals surface area contributed by atoms with Crippen molar-refractivity contribution in [3.63, 3.8) is 0 Å². The molecule has 0 radical (unpaired) electrons. The van der Waals surface area contributed by atoms with Crippen molar-refractivity contribution in [2.24, 2.45) is 15.9 Å². The van der Waals surface area contributed by atoms with E-state index < -0.39 is 0 Å². The van der Waals surface area contributed by atoms with Gasteiger partial charge in [0.15, 0.2) is 0 Å². The van der Waals surface area contributed by atoms with E-state index in [1.54, 1.807) is 23.1 Å². The van der Waals surface area contributed by atoms with Crippen molar-refractivity contribution in [1.82, 2.24) is 0 Å². The number of carbonyl (C=O) groups is 1. The zero-order valence-electron chi connectivity index (χ0n) is 9.90. The number of hydrogen-bond donors (Lipinski definition) is 0. The van der Waals surface area contributed by atoms with Crippen LogP contribution in [0.1, 0.15) is 22.4 Å². The third-order valence-corrected chi connectivity index (χ3v) is 5.19. The molecule has 0 fully saturated rings. The van der Waals surface area contributed by atoms with Crippen molar-refractivity contribution < 1.29 is 4.79 Å². The van der Waals surface area contributed by atoms with Gasteiger partial charge in [0.2, 0.25) is 5.91 Å². The largest absolute Gasteiger partial charge is 0.273 e. The van der Waals surface area contributed by atoms with E-state index in [1.807, 2.05) is 6.26 Å². The molecule has 0 saturated carbocycles. The highest BCUT2D eigenvalue weighted by atomic mass is 32.2. The van der Waals surface area contributed by atoms with Crippen molar-refractivity contribution >= 4 is 44.8 Å². The minimum atomic E-state index is -0.0112. The topological polar surface area (TPSA) is 41.8 Å². The van der Waals surface area contributed by atoms with E-state index in [1.165, 1.54) is 10.4 Å². The van der Waals surface area contributed by atoms with Crippen LogP contribution < -0.4 is 0 Å². The Morgan fingerprint density at radius 3 is 2.82 bits per heavy atom. The molecule has 2 aliphatic rings. The maximum atomic E-state index is 11.6. The molecule has 0 aromatic carbocycles. The molecule has 0 saturated heterocycles. The van der Waals surface area contributed by atoms with Crippen LogP contribution in [0, 0.1) is 19.8 Å². The summed E-state index contributed by atoms with van der Waals surface area (Å²) in [4.78, 5) is 21.7. The number of aryl methyl sites for hydroxylation is 1. The van der Waals surface area contributed by atoms with Gasteiger partial charge in [-0.05, 0) is 25.7 Å². The third kappa shape index (κ3) is 1.52. The first-order valence-electron chi connectivity index (χ1n) is 5.46. The second kappa shape index (κ2) is 3.78. The van der Waals surface area contributed by atoms with Crippen molar-refractivity contribution in [2.75, 3.05) is 6.26 Å². The Morgan fingerprint density at radius 1 is 1.35 bits per heavy atom. The Morgan fingerprint density at radius 2 is 2.12 bits per heavy atom. The van der Waals surface area contributed by atoms with Crippen LogP contribution in [0.25, 0.3) is 0 Å². The summed E-state index contributed by atoms with van der Waals surface area (Å²) >= 11 is 3.32. The number of thioether (sulfide) groups is 1. The summed E-state index contributed by atoms with van der Waals surface area (Å²) in [7, 11) is 0. The maximum Gasteiger partial charge on any atom is 0.247 e. The molecule has 0 aliphatic carbocycles. The number of fused-ring (bicyclic) bond motifs is 3. The minimum absolute atomic E-state index is 0.0112. The molecule has 88 valence electrons. The molecular formula is C12H12N2OS2. The van der Waals surface area contributed by atoms with Crippen molar-refractivity contribution in [2.45, 2.75) is 20.3 Å². The Bertz CT molecular complexity index is 584. The van der Waals surface area contributed by atoms with E-state index in [2.05, 4.69) is 23.8 Å². The highest BCUT2D eigenvalue weighted by Gasteiger charge is 2.37. The molecule has 3 nitrogen and oxygen atoms in total. The monoisotopic (exact) mass is 264 g/mol. The van der Waals surface area contributed by atoms with Gasteiger partial charge in [0.1, 0.15) is 5.00 Å². The van der Waals surface area contributed by atoms with Crippen LogP contribution in [0.4, 0.5) is 5.00 Å². The Balaban J connectivity index is 2.27. The van der Waals surface area contributed by atoms with Crippen LogP contribution in [0.2, 0.25) is 0 Å². The predicted molar refractivity (Wildman–Crippen MR) is 74.1 cm³/mol. The quantitative estimate of drug-likeness (QED) is 0.722. The van der Waals surface area contributed by atoms with E-state index in [4.69, 9.17) is 0 Å². The van der Waals surface area contributed by atoms with Crippen LogP contribution in [0.3, 0.4) is 0 Å². The molecule has 1 unspecified atom stereocenters. The first-order chi connectivity index (χ1) is 8.11. The average Bonchev–Trinajstić information content (AvgIpc) is 2.79. The smallest absolute Gasteiger partial charge is 0.247 e. The average molecular weight is 264 g/mol. The first-order valence-corrected chi connectivity index (χ1v) is 7.50. The van der Waals surface area contributed by atoms with Crippen molar-refractivity contribution in [1.29, 1.82) is 0 Å². The van der Waals surface area contributed by atoms with Crippen LogP contribution in [-0.2, 0) is 4.79 Å². The van der Waals surface area contributed by atoms with Gasteiger partial charge >= 0.3 is 0 Å². The summed E-state index contributed by atoms with van der Waals surface area (Å²) in [5.41, 5.74) is 3.29. The number of carbonyl (C=O) groups excluding carboxylic acids is 1. The standard InChI is InChI=1S/C12H12N2OS2/c1-5-6(2)17-12-9(5)10-7(4-8(15)13-10)11(14-12)16-3/h7H,4H2,1-3H3. The van der Waals surface area contributed by atoms with Gasteiger partial charge in [-0.1, -0.05) is 0 Å². The summed E-state index contributed by atoms with van der Waals surface area (Å²) in [5, 5.41) is 2.05. The number of aliphatic imine (C=N–C) groups is 2. The van der Waals surface area contributed by atoms with Crippen LogP contribution in [0.5, 0.6) is 0 Å². The van der Waals surface area contributed by atoms with Gasteiger partial charge in [0.25, 0.3) is 0 Å². The molecule has 1 atom stereocenters. The second-order valence-corrected chi connectivity index (χ2v) is 6.29. The van der Waals surface area contributed by atoms with Crippen LogP contribution in [-0.4, -0.2) is 22.9 Å². The number of thiophene rings is 1. The molecule has 0 N–H and O–H groups in total. The zero-order chi connectivity index (χ0) is 12.2. The summed E-state index contributed by atoms with van der Waals surface area (Å²) in [6.07, 6.45) is 2.50. The lowest BCUT2D eigenvalue weighted by Crippen LogP contribution is -2.22. The van der Waals surface area contributed by atoms with Gasteiger partial charge in [-0.3, -0.25) is 4.79 Å².